The van der Waals surface area contributed by atoms with Crippen LogP contribution in [0.25, 0.3) is 0 Å². The third-order valence-corrected chi connectivity index (χ3v) is 3.63. The van der Waals surface area contributed by atoms with E-state index in [-0.39, 0.29) is 12.1 Å². The molecule has 0 spiro atoms. The van der Waals surface area contributed by atoms with Crippen molar-refractivity contribution in [3.63, 3.8) is 0 Å². The Morgan fingerprint density at radius 1 is 1.19 bits per heavy atom. The summed E-state index contributed by atoms with van der Waals surface area (Å²) in [5.74, 6) is 1.20. The number of nitrogens with zero attached hydrogens (tertiary/aromatic N) is 1. The lowest BCUT2D eigenvalue weighted by atomic mass is 9.96. The van der Waals surface area contributed by atoms with Crippen LogP contribution < -0.4 is 5.32 Å². The highest BCUT2D eigenvalue weighted by Gasteiger charge is 2.34. The van der Waals surface area contributed by atoms with E-state index in [1.807, 2.05) is 25.7 Å². The Kier molecular flexibility index (Phi) is 6.51. The van der Waals surface area contributed by atoms with Gasteiger partial charge in [-0.15, -0.1) is 0 Å². The minimum absolute atomic E-state index is 0.164. The summed E-state index contributed by atoms with van der Waals surface area (Å²) in [6.45, 7) is 16.3. The molecule has 1 saturated heterocycles. The van der Waals surface area contributed by atoms with Crippen LogP contribution in [0.15, 0.2) is 0 Å². The molecule has 0 radical (unpaired) electrons. The van der Waals surface area contributed by atoms with Crippen molar-refractivity contribution in [3.05, 3.63) is 0 Å². The zero-order valence-corrected chi connectivity index (χ0v) is 14.9. The van der Waals surface area contributed by atoms with E-state index in [2.05, 4.69) is 33.0 Å². The molecule has 1 amide bonds. The van der Waals surface area contributed by atoms with E-state index in [4.69, 9.17) is 4.74 Å². The maximum absolute atomic E-state index is 12.5. The van der Waals surface area contributed by atoms with Crippen LogP contribution in [-0.4, -0.2) is 41.8 Å². The largest absolute Gasteiger partial charge is 0.444 e. The van der Waals surface area contributed by atoms with Gasteiger partial charge in [0.05, 0.1) is 0 Å². The summed E-state index contributed by atoms with van der Waals surface area (Å²) < 4.78 is 5.60. The number of hydrogen-bond donors (Lipinski definition) is 1. The fourth-order valence-electron chi connectivity index (χ4n) is 2.89. The van der Waals surface area contributed by atoms with Crippen LogP contribution in [0, 0.1) is 11.8 Å². The van der Waals surface area contributed by atoms with Crippen molar-refractivity contribution in [3.8, 4) is 0 Å². The number of piperazine rings is 1. The molecular weight excluding hydrogens is 264 g/mol. The summed E-state index contributed by atoms with van der Waals surface area (Å²) in [6, 6.07) is 0.615. The van der Waals surface area contributed by atoms with Gasteiger partial charge in [0.25, 0.3) is 0 Å². The molecule has 1 aliphatic heterocycles. The normalized spacial score (nSPS) is 23.8. The third kappa shape index (κ3) is 6.68. The van der Waals surface area contributed by atoms with Crippen molar-refractivity contribution in [1.82, 2.24) is 10.2 Å². The molecule has 1 heterocycles. The summed E-state index contributed by atoms with van der Waals surface area (Å²) in [7, 11) is 0. The summed E-state index contributed by atoms with van der Waals surface area (Å²) in [5.41, 5.74) is -0.433. The summed E-state index contributed by atoms with van der Waals surface area (Å²) in [5, 5.41) is 3.60. The van der Waals surface area contributed by atoms with Crippen molar-refractivity contribution in [1.29, 1.82) is 0 Å². The molecule has 1 aliphatic rings. The first-order chi connectivity index (χ1) is 9.58. The molecule has 0 saturated carbocycles. The Hall–Kier alpha value is -0.770. The van der Waals surface area contributed by atoms with Gasteiger partial charge in [-0.25, -0.2) is 4.79 Å². The van der Waals surface area contributed by atoms with Gasteiger partial charge in [-0.05, 0) is 45.4 Å². The Morgan fingerprint density at radius 2 is 1.76 bits per heavy atom. The molecule has 0 aromatic carbocycles. The van der Waals surface area contributed by atoms with Gasteiger partial charge < -0.3 is 15.0 Å². The maximum atomic E-state index is 12.5. The maximum Gasteiger partial charge on any atom is 0.410 e. The number of ether oxygens (including phenoxy) is 1. The molecule has 4 nitrogen and oxygen atoms in total. The average Bonchev–Trinajstić information content (AvgIpc) is 2.27. The molecular formula is C17H34N2O2. The average molecular weight is 298 g/mol. The molecule has 0 aromatic heterocycles. The molecule has 1 N–H and O–H groups in total. The molecule has 0 bridgehead atoms. The molecule has 0 unspecified atom stereocenters. The number of carbonyl (C=O) groups is 1. The van der Waals surface area contributed by atoms with Crippen LogP contribution >= 0.6 is 0 Å². The zero-order valence-electron chi connectivity index (χ0n) is 14.9. The van der Waals surface area contributed by atoms with Crippen LogP contribution in [0.2, 0.25) is 0 Å². The first kappa shape index (κ1) is 18.3. The zero-order chi connectivity index (χ0) is 16.2. The van der Waals surface area contributed by atoms with Gasteiger partial charge in [0, 0.05) is 25.2 Å². The lowest BCUT2D eigenvalue weighted by molar-refractivity contribution is 0.00397. The van der Waals surface area contributed by atoms with E-state index in [9.17, 15) is 4.79 Å². The monoisotopic (exact) mass is 298 g/mol. The molecule has 0 aliphatic carbocycles. The molecule has 0 aromatic rings. The summed E-state index contributed by atoms with van der Waals surface area (Å²) >= 11 is 0. The topological polar surface area (TPSA) is 41.6 Å². The predicted molar refractivity (Wildman–Crippen MR) is 87.4 cm³/mol. The van der Waals surface area contributed by atoms with Gasteiger partial charge in [0.1, 0.15) is 5.60 Å². The number of nitrogens with one attached hydrogen (secondary N) is 1. The van der Waals surface area contributed by atoms with E-state index in [1.165, 1.54) is 0 Å². The fraction of sp³-hybridized carbons (Fsp3) is 0.941. The number of rotatable bonds is 4. The van der Waals surface area contributed by atoms with Gasteiger partial charge >= 0.3 is 6.09 Å². The van der Waals surface area contributed by atoms with Gasteiger partial charge in [-0.3, -0.25) is 0 Å². The lowest BCUT2D eigenvalue weighted by Crippen LogP contribution is -2.59. The SMILES string of the molecule is CC(C)C[C@@H]1CN(C(=O)OC(C)(C)C)[C@@H](CC(C)C)CN1. The van der Waals surface area contributed by atoms with E-state index >= 15 is 0 Å². The highest BCUT2D eigenvalue weighted by molar-refractivity contribution is 5.68. The standard InChI is InChI=1S/C17H34N2O2/c1-12(2)8-14-11-19(16(20)21-17(5,6)7)15(10-18-14)9-13(3)4/h12-15,18H,8-11H2,1-7H3/t14-,15+/m1/s1. The molecule has 1 fully saturated rings. The Balaban J connectivity index is 2.75. The Bertz CT molecular complexity index is 334. The third-order valence-electron chi connectivity index (χ3n) is 3.63. The molecule has 21 heavy (non-hydrogen) atoms. The minimum atomic E-state index is -0.433. The number of amides is 1. The molecule has 124 valence electrons. The van der Waals surface area contributed by atoms with Crippen molar-refractivity contribution in [2.24, 2.45) is 11.8 Å². The fourth-order valence-corrected chi connectivity index (χ4v) is 2.89. The Labute approximate surface area is 130 Å². The van der Waals surface area contributed by atoms with Crippen molar-refractivity contribution in [2.75, 3.05) is 13.1 Å². The second-order valence-electron chi connectivity index (χ2n) is 8.15. The second kappa shape index (κ2) is 7.48. The van der Waals surface area contributed by atoms with Gasteiger partial charge in [-0.1, -0.05) is 27.7 Å². The van der Waals surface area contributed by atoms with Crippen molar-refractivity contribution < 1.29 is 9.53 Å². The van der Waals surface area contributed by atoms with Gasteiger partial charge in [-0.2, -0.15) is 0 Å². The quantitative estimate of drug-likeness (QED) is 0.861. The smallest absolute Gasteiger partial charge is 0.410 e. The van der Waals surface area contributed by atoms with Crippen LogP contribution in [0.5, 0.6) is 0 Å². The van der Waals surface area contributed by atoms with E-state index < -0.39 is 5.60 Å². The molecule has 2 atom stereocenters. The molecule has 4 heteroatoms. The van der Waals surface area contributed by atoms with E-state index in [1.54, 1.807) is 0 Å². The first-order valence-electron chi connectivity index (χ1n) is 8.31. The highest BCUT2D eigenvalue weighted by Crippen LogP contribution is 2.21. The number of hydrogen-bond acceptors (Lipinski definition) is 3. The van der Waals surface area contributed by atoms with Gasteiger partial charge in [0.2, 0.25) is 0 Å². The summed E-state index contributed by atoms with van der Waals surface area (Å²) in [4.78, 5) is 14.5. The molecule has 1 rings (SSSR count). The van der Waals surface area contributed by atoms with E-state index in [0.29, 0.717) is 17.9 Å². The van der Waals surface area contributed by atoms with Crippen LogP contribution in [0.3, 0.4) is 0 Å². The second-order valence-corrected chi connectivity index (χ2v) is 8.15. The minimum Gasteiger partial charge on any atom is -0.444 e. The lowest BCUT2D eigenvalue weighted by Gasteiger charge is -2.42. The Morgan fingerprint density at radius 3 is 2.24 bits per heavy atom. The van der Waals surface area contributed by atoms with Crippen molar-refractivity contribution in [2.45, 2.75) is 79.0 Å². The first-order valence-corrected chi connectivity index (χ1v) is 8.31. The van der Waals surface area contributed by atoms with E-state index in [0.717, 1.165) is 25.9 Å². The summed E-state index contributed by atoms with van der Waals surface area (Å²) in [6.07, 6.45) is 1.94. The van der Waals surface area contributed by atoms with Crippen LogP contribution in [-0.2, 0) is 4.74 Å². The predicted octanol–water partition coefficient (Wildman–Crippen LogP) is 3.66. The van der Waals surface area contributed by atoms with Crippen molar-refractivity contribution >= 4 is 6.09 Å². The van der Waals surface area contributed by atoms with Gasteiger partial charge in [0.15, 0.2) is 0 Å². The number of carbonyl (C=O) groups excluding carboxylic acids is 1. The highest BCUT2D eigenvalue weighted by atomic mass is 16.6. The van der Waals surface area contributed by atoms with Crippen LogP contribution in [0.4, 0.5) is 4.79 Å². The van der Waals surface area contributed by atoms with Crippen LogP contribution in [0.1, 0.15) is 61.3 Å².